The molecule has 2 aliphatic heterocycles. The van der Waals surface area contributed by atoms with E-state index in [1.165, 1.54) is 0 Å². The van der Waals surface area contributed by atoms with Crippen molar-refractivity contribution in [2.45, 2.75) is 25.8 Å². The van der Waals surface area contributed by atoms with Gasteiger partial charge in [-0.15, -0.1) is 0 Å². The van der Waals surface area contributed by atoms with Crippen molar-refractivity contribution in [3.63, 3.8) is 0 Å². The highest BCUT2D eigenvalue weighted by Crippen LogP contribution is 2.13. The minimum absolute atomic E-state index is 0.132. The molecular formula is C12H21N3O3. The number of nitrogens with one attached hydrogen (secondary N) is 2. The maximum atomic E-state index is 11.8. The molecule has 6 heteroatoms. The smallest absolute Gasteiger partial charge is 0.409 e. The zero-order valence-corrected chi connectivity index (χ0v) is 10.8. The number of ether oxygens (including phenoxy) is 1. The van der Waals surface area contributed by atoms with E-state index in [0.29, 0.717) is 19.7 Å². The summed E-state index contributed by atoms with van der Waals surface area (Å²) in [4.78, 5) is 25.0. The van der Waals surface area contributed by atoms with E-state index in [-0.39, 0.29) is 24.0 Å². The Morgan fingerprint density at radius 1 is 1.33 bits per heavy atom. The number of rotatable bonds is 3. The lowest BCUT2D eigenvalue weighted by Gasteiger charge is -2.33. The number of likely N-dealkylation sites (tertiary alicyclic amines) is 1. The van der Waals surface area contributed by atoms with E-state index in [2.05, 4.69) is 10.6 Å². The predicted molar refractivity (Wildman–Crippen MR) is 66.1 cm³/mol. The lowest BCUT2D eigenvalue weighted by Crippen LogP contribution is -2.54. The largest absolute Gasteiger partial charge is 0.450 e. The van der Waals surface area contributed by atoms with Crippen LogP contribution in [0.15, 0.2) is 0 Å². The molecule has 2 aliphatic rings. The van der Waals surface area contributed by atoms with Gasteiger partial charge in [-0.1, -0.05) is 0 Å². The van der Waals surface area contributed by atoms with Crippen LogP contribution in [0.25, 0.3) is 0 Å². The highest BCUT2D eigenvalue weighted by molar-refractivity contribution is 5.80. The van der Waals surface area contributed by atoms with Gasteiger partial charge in [-0.05, 0) is 19.8 Å². The fraction of sp³-hybridized carbons (Fsp3) is 0.833. The van der Waals surface area contributed by atoms with Gasteiger partial charge < -0.3 is 20.3 Å². The first kappa shape index (κ1) is 13.1. The van der Waals surface area contributed by atoms with Crippen molar-refractivity contribution in [2.75, 3.05) is 32.8 Å². The third-order valence-electron chi connectivity index (χ3n) is 3.52. The van der Waals surface area contributed by atoms with Crippen molar-refractivity contribution < 1.29 is 14.3 Å². The lowest BCUT2D eigenvalue weighted by molar-refractivity contribution is -0.127. The Hall–Kier alpha value is -1.30. The molecule has 2 amide bonds. The molecule has 0 unspecified atom stereocenters. The molecule has 0 aromatic carbocycles. The third kappa shape index (κ3) is 3.13. The molecule has 0 aromatic rings. The Balaban J connectivity index is 1.69. The lowest BCUT2D eigenvalue weighted by atomic mass is 10.00. The van der Waals surface area contributed by atoms with E-state index in [0.717, 1.165) is 25.9 Å². The molecule has 0 saturated carbocycles. The van der Waals surface area contributed by atoms with Gasteiger partial charge in [0.05, 0.1) is 12.5 Å². The number of piperidine rings is 1. The van der Waals surface area contributed by atoms with Gasteiger partial charge in [0.25, 0.3) is 0 Å². The second kappa shape index (κ2) is 6.04. The molecule has 2 N–H and O–H groups in total. The van der Waals surface area contributed by atoms with Crippen LogP contribution in [0.3, 0.4) is 0 Å². The quantitative estimate of drug-likeness (QED) is 0.741. The van der Waals surface area contributed by atoms with Crippen molar-refractivity contribution >= 4 is 12.0 Å². The van der Waals surface area contributed by atoms with Crippen LogP contribution in [-0.4, -0.2) is 55.7 Å². The van der Waals surface area contributed by atoms with Crippen LogP contribution >= 0.6 is 0 Å². The van der Waals surface area contributed by atoms with Crippen LogP contribution in [0.5, 0.6) is 0 Å². The summed E-state index contributed by atoms with van der Waals surface area (Å²) >= 11 is 0. The molecule has 2 rings (SSSR count). The Kier molecular flexibility index (Phi) is 4.41. The van der Waals surface area contributed by atoms with Crippen LogP contribution in [0.1, 0.15) is 19.8 Å². The standard InChI is InChI=1S/C12H21N3O3/c1-2-18-12(17)15-5-3-10(4-6-15)14-11(16)9-7-13-8-9/h9-10,13H,2-8H2,1H3,(H,14,16). The summed E-state index contributed by atoms with van der Waals surface area (Å²) in [5, 5.41) is 6.14. The summed E-state index contributed by atoms with van der Waals surface area (Å²) < 4.78 is 4.95. The van der Waals surface area contributed by atoms with Crippen LogP contribution in [0.2, 0.25) is 0 Å². The first-order valence-electron chi connectivity index (χ1n) is 6.63. The number of carbonyl (C=O) groups is 2. The van der Waals surface area contributed by atoms with Gasteiger partial charge >= 0.3 is 6.09 Å². The molecule has 2 fully saturated rings. The highest BCUT2D eigenvalue weighted by atomic mass is 16.6. The Morgan fingerprint density at radius 3 is 2.50 bits per heavy atom. The van der Waals surface area contributed by atoms with Gasteiger partial charge in [0.1, 0.15) is 0 Å². The Bertz CT molecular complexity index is 310. The maximum Gasteiger partial charge on any atom is 0.409 e. The Morgan fingerprint density at radius 2 is 2.00 bits per heavy atom. The van der Waals surface area contributed by atoms with E-state index in [1.54, 1.807) is 11.8 Å². The fourth-order valence-corrected chi connectivity index (χ4v) is 2.21. The van der Waals surface area contributed by atoms with Gasteiger partial charge in [-0.25, -0.2) is 4.79 Å². The molecule has 0 atom stereocenters. The van der Waals surface area contributed by atoms with Gasteiger partial charge in [-0.2, -0.15) is 0 Å². The molecule has 18 heavy (non-hydrogen) atoms. The van der Waals surface area contributed by atoms with Crippen molar-refractivity contribution in [3.05, 3.63) is 0 Å². The van der Waals surface area contributed by atoms with Crippen molar-refractivity contribution in [3.8, 4) is 0 Å². The topological polar surface area (TPSA) is 70.7 Å². The van der Waals surface area contributed by atoms with Crippen LogP contribution in [-0.2, 0) is 9.53 Å². The number of carbonyl (C=O) groups excluding carboxylic acids is 2. The number of hydrogen-bond donors (Lipinski definition) is 2. The van der Waals surface area contributed by atoms with Crippen molar-refractivity contribution in [2.24, 2.45) is 5.92 Å². The monoisotopic (exact) mass is 255 g/mol. The zero-order chi connectivity index (χ0) is 13.0. The minimum atomic E-state index is -0.245. The summed E-state index contributed by atoms with van der Waals surface area (Å²) in [6.45, 7) is 5.10. The van der Waals surface area contributed by atoms with E-state index >= 15 is 0 Å². The van der Waals surface area contributed by atoms with Gasteiger partial charge in [0.2, 0.25) is 5.91 Å². The van der Waals surface area contributed by atoms with Gasteiger partial charge in [-0.3, -0.25) is 4.79 Å². The van der Waals surface area contributed by atoms with Crippen LogP contribution < -0.4 is 10.6 Å². The van der Waals surface area contributed by atoms with Gasteiger partial charge in [0, 0.05) is 32.2 Å². The molecule has 0 bridgehead atoms. The maximum absolute atomic E-state index is 11.8. The summed E-state index contributed by atoms with van der Waals surface area (Å²) in [7, 11) is 0. The summed E-state index contributed by atoms with van der Waals surface area (Å²) in [6.07, 6.45) is 1.38. The van der Waals surface area contributed by atoms with E-state index < -0.39 is 0 Å². The van der Waals surface area contributed by atoms with E-state index in [1.807, 2.05) is 0 Å². The van der Waals surface area contributed by atoms with Crippen LogP contribution in [0.4, 0.5) is 4.79 Å². The van der Waals surface area contributed by atoms with Crippen LogP contribution in [0, 0.1) is 5.92 Å². The summed E-state index contributed by atoms with van der Waals surface area (Å²) in [6, 6.07) is 0.198. The third-order valence-corrected chi connectivity index (χ3v) is 3.52. The minimum Gasteiger partial charge on any atom is -0.450 e. The summed E-state index contributed by atoms with van der Waals surface area (Å²) in [5.41, 5.74) is 0. The number of nitrogens with zero attached hydrogens (tertiary/aromatic N) is 1. The van der Waals surface area contributed by atoms with E-state index in [9.17, 15) is 9.59 Å². The molecule has 2 saturated heterocycles. The van der Waals surface area contributed by atoms with Crippen molar-refractivity contribution in [1.82, 2.24) is 15.5 Å². The predicted octanol–water partition coefficient (Wildman–Crippen LogP) is -0.0571. The van der Waals surface area contributed by atoms with Gasteiger partial charge in [0.15, 0.2) is 0 Å². The molecule has 0 aromatic heterocycles. The average molecular weight is 255 g/mol. The molecule has 0 radical (unpaired) electrons. The first-order valence-corrected chi connectivity index (χ1v) is 6.63. The fourth-order valence-electron chi connectivity index (χ4n) is 2.21. The second-order valence-corrected chi connectivity index (χ2v) is 4.82. The SMILES string of the molecule is CCOC(=O)N1CCC(NC(=O)C2CNC2)CC1. The normalized spacial score (nSPS) is 21.3. The molecule has 0 spiro atoms. The first-order chi connectivity index (χ1) is 8.70. The average Bonchev–Trinajstić information content (AvgIpc) is 2.27. The molecule has 6 nitrogen and oxygen atoms in total. The highest BCUT2D eigenvalue weighted by Gasteiger charge is 2.29. The molecular weight excluding hydrogens is 234 g/mol. The summed E-state index contributed by atoms with van der Waals surface area (Å²) in [5.74, 6) is 0.274. The second-order valence-electron chi connectivity index (χ2n) is 4.82. The Labute approximate surface area is 107 Å². The van der Waals surface area contributed by atoms with Crippen molar-refractivity contribution in [1.29, 1.82) is 0 Å². The number of hydrogen-bond acceptors (Lipinski definition) is 4. The number of amides is 2. The zero-order valence-electron chi connectivity index (χ0n) is 10.8. The molecule has 0 aliphatic carbocycles. The van der Waals surface area contributed by atoms with E-state index in [4.69, 9.17) is 4.74 Å². The molecule has 2 heterocycles. The molecule has 102 valence electrons.